The largest absolute Gasteiger partial charge is 0.497 e. The van der Waals surface area contributed by atoms with Crippen LogP contribution in [0.2, 0.25) is 0 Å². The highest BCUT2D eigenvalue weighted by atomic mass is 16.5. The highest BCUT2D eigenvalue weighted by Gasteiger charge is 2.28. The van der Waals surface area contributed by atoms with Gasteiger partial charge in [-0.2, -0.15) is 0 Å². The molecule has 5 rings (SSSR count). The second kappa shape index (κ2) is 10.0. The highest BCUT2D eigenvalue weighted by Crippen LogP contribution is 2.42. The fraction of sp³-hybridized carbons (Fsp3) is 0.241. The van der Waals surface area contributed by atoms with Crippen molar-refractivity contribution in [2.75, 3.05) is 40.1 Å². The summed E-state index contributed by atoms with van der Waals surface area (Å²) in [6.07, 6.45) is 0. The Balaban J connectivity index is 1.64. The normalized spacial score (nSPS) is 12.5. The molecular weight excluding hydrogens is 490 g/mol. The fourth-order valence-corrected chi connectivity index (χ4v) is 4.79. The number of hydrogen-bond acceptors (Lipinski definition) is 9. The summed E-state index contributed by atoms with van der Waals surface area (Å²) in [6, 6.07) is 14.3. The van der Waals surface area contributed by atoms with E-state index in [0.717, 1.165) is 33.4 Å². The number of hydrogen-bond donors (Lipinski definition) is 0. The van der Waals surface area contributed by atoms with Crippen molar-refractivity contribution in [3.8, 4) is 34.1 Å². The molecule has 0 atom stereocenters. The number of aryl methyl sites for hydroxylation is 1. The molecule has 1 aliphatic heterocycles. The number of carbonyl (C=O) groups is 1. The summed E-state index contributed by atoms with van der Waals surface area (Å²) in [7, 11) is 5.97. The SMILES string of the molecule is COC(=O)c1cc(OC)c(OC)cc1N1COc2c(cc3c(-c4ccc(OC)cc4)cc(=O)oc3c2C)C1. The zero-order valence-corrected chi connectivity index (χ0v) is 21.7. The summed E-state index contributed by atoms with van der Waals surface area (Å²) in [5, 5.41) is 0.775. The highest BCUT2D eigenvalue weighted by molar-refractivity contribution is 5.98. The molecule has 196 valence electrons. The van der Waals surface area contributed by atoms with Gasteiger partial charge in [0.25, 0.3) is 0 Å². The zero-order chi connectivity index (χ0) is 27.0. The van der Waals surface area contributed by atoms with E-state index in [1.807, 2.05) is 42.2 Å². The van der Waals surface area contributed by atoms with Crippen molar-refractivity contribution in [2.24, 2.45) is 0 Å². The molecule has 1 aromatic heterocycles. The van der Waals surface area contributed by atoms with Crippen LogP contribution in [0.5, 0.6) is 23.0 Å². The van der Waals surface area contributed by atoms with Crippen molar-refractivity contribution in [2.45, 2.75) is 13.5 Å². The van der Waals surface area contributed by atoms with Crippen molar-refractivity contribution in [3.63, 3.8) is 0 Å². The molecule has 0 unspecified atom stereocenters. The minimum absolute atomic E-state index is 0.154. The number of rotatable bonds is 6. The van der Waals surface area contributed by atoms with Gasteiger partial charge >= 0.3 is 11.6 Å². The Morgan fingerprint density at radius 3 is 2.29 bits per heavy atom. The van der Waals surface area contributed by atoms with E-state index in [-0.39, 0.29) is 6.73 Å². The third-order valence-corrected chi connectivity index (χ3v) is 6.67. The lowest BCUT2D eigenvalue weighted by Gasteiger charge is -2.33. The Morgan fingerprint density at radius 1 is 0.921 bits per heavy atom. The van der Waals surface area contributed by atoms with Crippen molar-refractivity contribution < 1.29 is 32.9 Å². The number of fused-ring (bicyclic) bond motifs is 2. The number of methoxy groups -OCH3 is 4. The monoisotopic (exact) mass is 517 g/mol. The Kier molecular flexibility index (Phi) is 6.59. The smallest absolute Gasteiger partial charge is 0.340 e. The first-order valence-corrected chi connectivity index (χ1v) is 11.8. The minimum Gasteiger partial charge on any atom is -0.497 e. The molecule has 0 spiro atoms. The average Bonchev–Trinajstić information content (AvgIpc) is 2.96. The molecular formula is C29H27NO8. The van der Waals surface area contributed by atoms with E-state index >= 15 is 0 Å². The van der Waals surface area contributed by atoms with Crippen LogP contribution >= 0.6 is 0 Å². The average molecular weight is 518 g/mol. The standard InChI is InChI=1S/C29H27NO8/c1-16-27-18(10-21-20(12-26(31)38-28(16)21)17-6-8-19(33-2)9-7-17)14-30(15-37-27)23-13-25(35-4)24(34-3)11-22(23)29(32)36-5/h6-13H,14-15H2,1-5H3. The molecule has 0 bridgehead atoms. The van der Waals surface area contributed by atoms with Crippen LogP contribution in [-0.4, -0.2) is 41.1 Å². The van der Waals surface area contributed by atoms with Gasteiger partial charge in [-0.3, -0.25) is 0 Å². The molecule has 0 radical (unpaired) electrons. The van der Waals surface area contributed by atoms with Crippen LogP contribution in [0.25, 0.3) is 22.1 Å². The van der Waals surface area contributed by atoms with E-state index in [0.29, 0.717) is 40.6 Å². The van der Waals surface area contributed by atoms with Crippen LogP contribution in [0.1, 0.15) is 21.5 Å². The summed E-state index contributed by atoms with van der Waals surface area (Å²) in [4.78, 5) is 27.1. The molecule has 0 saturated carbocycles. The predicted octanol–water partition coefficient (Wildman–Crippen LogP) is 4.94. The van der Waals surface area contributed by atoms with Gasteiger partial charge in [-0.05, 0) is 36.2 Å². The molecule has 3 aromatic carbocycles. The van der Waals surface area contributed by atoms with Gasteiger partial charge in [0.1, 0.15) is 17.1 Å². The van der Waals surface area contributed by atoms with E-state index in [1.165, 1.54) is 27.4 Å². The van der Waals surface area contributed by atoms with Crippen LogP contribution < -0.4 is 29.5 Å². The minimum atomic E-state index is -0.509. The summed E-state index contributed by atoms with van der Waals surface area (Å²) in [5.41, 5.74) is 4.11. The van der Waals surface area contributed by atoms with E-state index < -0.39 is 11.6 Å². The predicted molar refractivity (Wildman–Crippen MR) is 142 cm³/mol. The summed E-state index contributed by atoms with van der Waals surface area (Å²) in [6.45, 7) is 2.45. The van der Waals surface area contributed by atoms with Gasteiger partial charge in [0.15, 0.2) is 18.2 Å². The first kappa shape index (κ1) is 25.0. The van der Waals surface area contributed by atoms with E-state index in [1.54, 1.807) is 19.2 Å². The van der Waals surface area contributed by atoms with Crippen LogP contribution in [0.15, 0.2) is 57.7 Å². The van der Waals surface area contributed by atoms with Crippen molar-refractivity contribution in [3.05, 3.63) is 75.6 Å². The van der Waals surface area contributed by atoms with E-state index in [4.69, 9.17) is 28.1 Å². The molecule has 0 fully saturated rings. The lowest BCUT2D eigenvalue weighted by atomic mass is 9.96. The number of carbonyl (C=O) groups excluding carboxylic acids is 1. The number of benzene rings is 3. The Bertz CT molecular complexity index is 1590. The molecule has 0 N–H and O–H groups in total. The first-order chi connectivity index (χ1) is 18.4. The molecule has 1 aliphatic rings. The number of anilines is 1. The third-order valence-electron chi connectivity index (χ3n) is 6.67. The van der Waals surface area contributed by atoms with Crippen LogP contribution in [-0.2, 0) is 11.3 Å². The summed E-state index contributed by atoms with van der Waals surface area (Å²) < 4.78 is 33.0. The van der Waals surface area contributed by atoms with Crippen molar-refractivity contribution >= 4 is 22.6 Å². The van der Waals surface area contributed by atoms with Gasteiger partial charge < -0.3 is 33.0 Å². The maximum atomic E-state index is 12.7. The molecule has 38 heavy (non-hydrogen) atoms. The molecule has 0 saturated heterocycles. The first-order valence-electron chi connectivity index (χ1n) is 11.8. The van der Waals surface area contributed by atoms with Gasteiger partial charge in [-0.1, -0.05) is 12.1 Å². The van der Waals surface area contributed by atoms with E-state index in [9.17, 15) is 9.59 Å². The van der Waals surface area contributed by atoms with Crippen LogP contribution in [0.4, 0.5) is 5.69 Å². The molecule has 2 heterocycles. The number of ether oxygens (including phenoxy) is 5. The maximum absolute atomic E-state index is 12.7. The maximum Gasteiger partial charge on any atom is 0.340 e. The Morgan fingerprint density at radius 2 is 1.63 bits per heavy atom. The lowest BCUT2D eigenvalue weighted by Crippen LogP contribution is -2.33. The topological polar surface area (TPSA) is 96.7 Å². The van der Waals surface area contributed by atoms with Crippen LogP contribution in [0.3, 0.4) is 0 Å². The second-order valence-corrected chi connectivity index (χ2v) is 8.76. The van der Waals surface area contributed by atoms with E-state index in [2.05, 4.69) is 0 Å². The fourth-order valence-electron chi connectivity index (χ4n) is 4.79. The van der Waals surface area contributed by atoms with Crippen LogP contribution in [0, 0.1) is 6.92 Å². The molecule has 0 amide bonds. The summed E-state index contributed by atoms with van der Waals surface area (Å²) >= 11 is 0. The Hall–Kier alpha value is -4.66. The number of esters is 1. The third kappa shape index (κ3) is 4.26. The Labute approximate surface area is 219 Å². The van der Waals surface area contributed by atoms with Gasteiger partial charge in [0.05, 0.1) is 39.7 Å². The van der Waals surface area contributed by atoms with Gasteiger partial charge in [0, 0.05) is 41.3 Å². The second-order valence-electron chi connectivity index (χ2n) is 8.76. The zero-order valence-electron chi connectivity index (χ0n) is 21.7. The molecule has 9 nitrogen and oxygen atoms in total. The van der Waals surface area contributed by atoms with Crippen molar-refractivity contribution in [1.82, 2.24) is 0 Å². The van der Waals surface area contributed by atoms with Gasteiger partial charge in [-0.25, -0.2) is 9.59 Å². The molecule has 4 aromatic rings. The lowest BCUT2D eigenvalue weighted by molar-refractivity contribution is 0.0600. The van der Waals surface area contributed by atoms with Crippen molar-refractivity contribution in [1.29, 1.82) is 0 Å². The quantitative estimate of drug-likeness (QED) is 0.260. The molecule has 0 aliphatic carbocycles. The molecule has 9 heteroatoms. The van der Waals surface area contributed by atoms with Gasteiger partial charge in [0.2, 0.25) is 0 Å². The number of nitrogens with zero attached hydrogens (tertiary/aromatic N) is 1. The summed E-state index contributed by atoms with van der Waals surface area (Å²) in [5.74, 6) is 1.74. The van der Waals surface area contributed by atoms with Gasteiger partial charge in [-0.15, -0.1) is 0 Å².